The zero-order valence-corrected chi connectivity index (χ0v) is 13.8. The monoisotopic (exact) mass is 300 g/mol. The maximum atomic E-state index is 6.00. The van der Waals surface area contributed by atoms with Crippen LogP contribution in [0.1, 0.15) is 36.8 Å². The maximum Gasteiger partial charge on any atom is 0.0690 e. The van der Waals surface area contributed by atoms with Gasteiger partial charge in [-0.15, -0.1) is 0 Å². The van der Waals surface area contributed by atoms with Gasteiger partial charge in [0, 0.05) is 37.1 Å². The van der Waals surface area contributed by atoms with E-state index in [2.05, 4.69) is 48.6 Å². The second-order valence-electron chi connectivity index (χ2n) is 7.74. The zero-order chi connectivity index (χ0) is 15.2. The van der Waals surface area contributed by atoms with Crippen molar-refractivity contribution >= 4 is 0 Å². The number of ether oxygens (including phenoxy) is 1. The van der Waals surface area contributed by atoms with Crippen molar-refractivity contribution < 1.29 is 4.74 Å². The van der Waals surface area contributed by atoms with Crippen molar-refractivity contribution in [1.29, 1.82) is 0 Å². The minimum absolute atomic E-state index is 0.492. The van der Waals surface area contributed by atoms with Crippen molar-refractivity contribution in [1.82, 2.24) is 10.2 Å². The van der Waals surface area contributed by atoms with Crippen molar-refractivity contribution in [3.8, 4) is 0 Å². The van der Waals surface area contributed by atoms with Gasteiger partial charge in [0.2, 0.25) is 0 Å². The summed E-state index contributed by atoms with van der Waals surface area (Å²) < 4.78 is 6.00. The van der Waals surface area contributed by atoms with Crippen molar-refractivity contribution in [3.63, 3.8) is 0 Å². The van der Waals surface area contributed by atoms with E-state index in [1.54, 1.807) is 0 Å². The fourth-order valence-electron chi connectivity index (χ4n) is 4.92. The first-order valence-electron chi connectivity index (χ1n) is 8.77. The van der Waals surface area contributed by atoms with Crippen LogP contribution >= 0.6 is 0 Å². The van der Waals surface area contributed by atoms with E-state index >= 15 is 0 Å². The Labute approximate surface area is 134 Å². The van der Waals surface area contributed by atoms with Crippen molar-refractivity contribution in [3.05, 3.63) is 35.4 Å². The topological polar surface area (TPSA) is 24.5 Å². The molecule has 1 aromatic rings. The summed E-state index contributed by atoms with van der Waals surface area (Å²) in [6, 6.07) is 9.77. The van der Waals surface area contributed by atoms with Crippen molar-refractivity contribution in [2.75, 3.05) is 20.7 Å². The van der Waals surface area contributed by atoms with Gasteiger partial charge in [-0.05, 0) is 44.5 Å². The lowest BCUT2D eigenvalue weighted by Gasteiger charge is -2.63. The summed E-state index contributed by atoms with van der Waals surface area (Å²) in [6.45, 7) is 2.99. The number of benzene rings is 1. The van der Waals surface area contributed by atoms with Gasteiger partial charge >= 0.3 is 0 Å². The molecule has 2 saturated carbocycles. The fraction of sp³-hybridized carbons (Fsp3) is 0.684. The van der Waals surface area contributed by atoms with Crippen LogP contribution < -0.4 is 5.32 Å². The van der Waals surface area contributed by atoms with Crippen LogP contribution in [0.4, 0.5) is 0 Å². The average molecular weight is 300 g/mol. The van der Waals surface area contributed by atoms with Crippen LogP contribution in [0.2, 0.25) is 0 Å². The predicted molar refractivity (Wildman–Crippen MR) is 88.6 cm³/mol. The molecule has 1 aliphatic heterocycles. The minimum atomic E-state index is 0.492. The highest BCUT2D eigenvalue weighted by Gasteiger charge is 2.66. The molecule has 0 radical (unpaired) electrons. The number of nitrogens with zero attached hydrogens (tertiary/aromatic N) is 1. The molecule has 2 aliphatic carbocycles. The molecule has 1 saturated heterocycles. The lowest BCUT2D eigenvalue weighted by molar-refractivity contribution is -0.176. The molecular formula is C19H28N2O. The smallest absolute Gasteiger partial charge is 0.0690 e. The van der Waals surface area contributed by atoms with Gasteiger partial charge in [-0.2, -0.15) is 0 Å². The Morgan fingerprint density at radius 3 is 2.55 bits per heavy atom. The summed E-state index contributed by atoms with van der Waals surface area (Å²) in [5.41, 5.74) is 3.28. The van der Waals surface area contributed by atoms with Crippen LogP contribution in [0, 0.1) is 11.3 Å². The summed E-state index contributed by atoms with van der Waals surface area (Å²) in [4.78, 5) is 2.21. The maximum absolute atomic E-state index is 6.00. The first-order chi connectivity index (χ1) is 10.7. The van der Waals surface area contributed by atoms with Gasteiger partial charge in [-0.3, -0.25) is 0 Å². The Morgan fingerprint density at radius 2 is 1.91 bits per heavy atom. The van der Waals surface area contributed by atoms with Gasteiger partial charge in [-0.25, -0.2) is 0 Å². The number of hydrogen-bond donors (Lipinski definition) is 1. The van der Waals surface area contributed by atoms with Crippen LogP contribution in [0.3, 0.4) is 0 Å². The summed E-state index contributed by atoms with van der Waals surface area (Å²) in [5, 5.41) is 3.87. The molecule has 0 unspecified atom stereocenters. The molecule has 1 spiro atoms. The van der Waals surface area contributed by atoms with Crippen molar-refractivity contribution in [2.24, 2.45) is 11.3 Å². The summed E-state index contributed by atoms with van der Waals surface area (Å²) in [6.07, 6.45) is 5.96. The van der Waals surface area contributed by atoms with E-state index in [-0.39, 0.29) is 0 Å². The van der Waals surface area contributed by atoms with Crippen LogP contribution in [0.5, 0.6) is 0 Å². The van der Waals surface area contributed by atoms with Crippen LogP contribution in [0.25, 0.3) is 0 Å². The van der Waals surface area contributed by atoms with Crippen LogP contribution in [-0.2, 0) is 17.8 Å². The van der Waals surface area contributed by atoms with Gasteiger partial charge in [0.1, 0.15) is 0 Å². The number of rotatable bonds is 5. The number of nitrogens with one attached hydrogen (secondary N) is 1. The van der Waals surface area contributed by atoms with Crippen LogP contribution in [0.15, 0.2) is 24.3 Å². The number of hydrogen-bond acceptors (Lipinski definition) is 3. The van der Waals surface area contributed by atoms with E-state index < -0.39 is 0 Å². The Hall–Kier alpha value is -0.900. The summed E-state index contributed by atoms with van der Waals surface area (Å²) in [7, 11) is 4.23. The molecular weight excluding hydrogens is 272 g/mol. The predicted octanol–water partition coefficient (Wildman–Crippen LogP) is 2.80. The highest BCUT2D eigenvalue weighted by Crippen LogP contribution is 2.62. The molecule has 1 aromatic carbocycles. The largest absolute Gasteiger partial charge is 0.377 e. The number of fused-ring (bicyclic) bond motifs is 2. The van der Waals surface area contributed by atoms with Gasteiger partial charge in [0.25, 0.3) is 0 Å². The Bertz CT molecular complexity index is 521. The highest BCUT2D eigenvalue weighted by molar-refractivity contribution is 5.24. The normalized spacial score (nSPS) is 31.9. The van der Waals surface area contributed by atoms with Gasteiger partial charge in [0.15, 0.2) is 0 Å². The lowest BCUT2D eigenvalue weighted by atomic mass is 9.46. The molecule has 0 aromatic heterocycles. The minimum Gasteiger partial charge on any atom is -0.377 e. The Balaban J connectivity index is 1.36. The lowest BCUT2D eigenvalue weighted by Crippen LogP contribution is -2.70. The standard InChI is InChI=1S/C19H28N2O/c1-21(2)13-15-6-4-14(5-7-15)12-20-17-16-8-11-22-18(16)19(17)9-3-10-19/h4-7,16-18,20H,3,8-13H2,1-2H3/t16-,17-,18+/m1/s1. The van der Waals surface area contributed by atoms with Crippen LogP contribution in [-0.4, -0.2) is 37.7 Å². The Kier molecular flexibility index (Phi) is 3.75. The van der Waals surface area contributed by atoms with E-state index in [0.717, 1.165) is 25.6 Å². The molecule has 120 valence electrons. The van der Waals surface area contributed by atoms with Crippen molar-refractivity contribution in [2.45, 2.75) is 50.9 Å². The fourth-order valence-corrected chi connectivity index (χ4v) is 4.92. The molecule has 4 rings (SSSR count). The van der Waals surface area contributed by atoms with E-state index in [1.165, 1.54) is 36.8 Å². The molecule has 3 nitrogen and oxygen atoms in total. The average Bonchev–Trinajstić information content (AvgIpc) is 2.84. The second kappa shape index (κ2) is 5.63. The molecule has 22 heavy (non-hydrogen) atoms. The molecule has 1 N–H and O–H groups in total. The highest BCUT2D eigenvalue weighted by atomic mass is 16.5. The zero-order valence-electron chi connectivity index (χ0n) is 13.8. The molecule has 3 atom stereocenters. The Morgan fingerprint density at radius 1 is 1.18 bits per heavy atom. The van der Waals surface area contributed by atoms with E-state index in [1.807, 2.05) is 0 Å². The molecule has 1 heterocycles. The molecule has 3 heteroatoms. The quantitative estimate of drug-likeness (QED) is 0.905. The summed E-state index contributed by atoms with van der Waals surface area (Å²) in [5.74, 6) is 0.772. The second-order valence-corrected chi connectivity index (χ2v) is 7.74. The van der Waals surface area contributed by atoms with E-state index in [0.29, 0.717) is 17.6 Å². The first kappa shape index (κ1) is 14.7. The third kappa shape index (κ3) is 2.31. The van der Waals surface area contributed by atoms with Gasteiger partial charge < -0.3 is 15.0 Å². The molecule has 3 aliphatic rings. The molecule has 3 fully saturated rings. The van der Waals surface area contributed by atoms with E-state index in [9.17, 15) is 0 Å². The third-order valence-electron chi connectivity index (χ3n) is 6.08. The van der Waals surface area contributed by atoms with E-state index in [4.69, 9.17) is 4.74 Å². The third-order valence-corrected chi connectivity index (χ3v) is 6.08. The van der Waals surface area contributed by atoms with Gasteiger partial charge in [0.05, 0.1) is 6.10 Å². The first-order valence-corrected chi connectivity index (χ1v) is 8.77. The summed E-state index contributed by atoms with van der Waals surface area (Å²) >= 11 is 0. The molecule has 0 amide bonds. The van der Waals surface area contributed by atoms with Gasteiger partial charge in [-0.1, -0.05) is 30.7 Å². The molecule has 0 bridgehead atoms. The SMILES string of the molecule is CN(C)Cc1ccc(CN[C@@H]2[C@H]3CCO[C@@H]3C23CCC3)cc1.